The van der Waals surface area contributed by atoms with Crippen molar-refractivity contribution in [2.24, 2.45) is 0 Å². The van der Waals surface area contributed by atoms with E-state index in [2.05, 4.69) is 10.3 Å². The summed E-state index contributed by atoms with van der Waals surface area (Å²) in [6.07, 6.45) is 1.54. The number of pyridine rings is 1. The second kappa shape index (κ2) is 7.98. The lowest BCUT2D eigenvalue weighted by Crippen LogP contribution is -2.21. The quantitative estimate of drug-likeness (QED) is 0.517. The summed E-state index contributed by atoms with van der Waals surface area (Å²) in [5.41, 5.74) is 1.76. The Kier molecular flexibility index (Phi) is 5.07. The molecule has 6 heteroatoms. The van der Waals surface area contributed by atoms with Gasteiger partial charge in [0, 0.05) is 11.6 Å². The fourth-order valence-electron chi connectivity index (χ4n) is 2.92. The van der Waals surface area contributed by atoms with Gasteiger partial charge in [-0.2, -0.15) is 0 Å². The normalized spacial score (nSPS) is 10.7. The lowest BCUT2D eigenvalue weighted by molar-refractivity contribution is 0.102. The zero-order valence-corrected chi connectivity index (χ0v) is 15.7. The molecule has 0 bridgehead atoms. The Labute approximate surface area is 166 Å². The Morgan fingerprint density at radius 2 is 1.86 bits per heavy atom. The Morgan fingerprint density at radius 3 is 2.72 bits per heavy atom. The minimum atomic E-state index is -0.709. The number of nitrogens with one attached hydrogen (secondary N) is 1. The van der Waals surface area contributed by atoms with E-state index in [1.165, 1.54) is 6.07 Å². The summed E-state index contributed by atoms with van der Waals surface area (Å²) in [4.78, 5) is 29.1. The summed E-state index contributed by atoms with van der Waals surface area (Å²) in [5.74, 6) is 0.0388. The van der Waals surface area contributed by atoms with Gasteiger partial charge in [0.25, 0.3) is 5.91 Å². The van der Waals surface area contributed by atoms with Crippen LogP contribution in [-0.4, -0.2) is 10.9 Å². The highest BCUT2D eigenvalue weighted by atomic mass is 16.5. The van der Waals surface area contributed by atoms with Gasteiger partial charge in [-0.05, 0) is 42.3 Å². The molecule has 2 aromatic heterocycles. The molecule has 4 aromatic rings. The number of amides is 1. The van der Waals surface area contributed by atoms with Crippen molar-refractivity contribution in [2.45, 2.75) is 13.5 Å². The highest BCUT2D eigenvalue weighted by Crippen LogP contribution is 2.23. The fourth-order valence-corrected chi connectivity index (χ4v) is 2.92. The Hall–Kier alpha value is -3.93. The number of aromatic nitrogens is 1. The van der Waals surface area contributed by atoms with Crippen LogP contribution in [0.3, 0.4) is 0 Å². The molecule has 0 spiro atoms. The SMILES string of the molecule is Cc1ccccc1COc1cccnc1NC(=O)c1cc2ccccc2oc1=O. The van der Waals surface area contributed by atoms with E-state index in [0.717, 1.165) is 11.1 Å². The summed E-state index contributed by atoms with van der Waals surface area (Å²) in [6.45, 7) is 2.34. The maximum absolute atomic E-state index is 12.7. The molecule has 0 aliphatic rings. The molecule has 1 amide bonds. The van der Waals surface area contributed by atoms with Crippen LogP contribution in [0.1, 0.15) is 21.5 Å². The van der Waals surface area contributed by atoms with E-state index in [1.807, 2.05) is 31.2 Å². The first-order valence-electron chi connectivity index (χ1n) is 9.08. The lowest BCUT2D eigenvalue weighted by atomic mass is 10.1. The molecule has 1 N–H and O–H groups in total. The first kappa shape index (κ1) is 18.4. The average Bonchev–Trinajstić information content (AvgIpc) is 2.73. The van der Waals surface area contributed by atoms with Gasteiger partial charge in [-0.3, -0.25) is 4.79 Å². The number of anilines is 1. The maximum Gasteiger partial charge on any atom is 0.349 e. The van der Waals surface area contributed by atoms with Crippen LogP contribution in [0, 0.1) is 6.92 Å². The molecule has 144 valence electrons. The lowest BCUT2D eigenvalue weighted by Gasteiger charge is -2.12. The van der Waals surface area contributed by atoms with Crippen LogP contribution in [0.5, 0.6) is 5.75 Å². The van der Waals surface area contributed by atoms with E-state index in [1.54, 1.807) is 42.6 Å². The topological polar surface area (TPSA) is 81.4 Å². The van der Waals surface area contributed by atoms with Crippen LogP contribution in [0.4, 0.5) is 5.82 Å². The zero-order valence-electron chi connectivity index (χ0n) is 15.7. The zero-order chi connectivity index (χ0) is 20.2. The minimum absolute atomic E-state index is 0.0980. The van der Waals surface area contributed by atoms with Crippen molar-refractivity contribution in [2.75, 3.05) is 5.32 Å². The summed E-state index contributed by atoms with van der Waals surface area (Å²) in [7, 11) is 0. The van der Waals surface area contributed by atoms with Gasteiger partial charge < -0.3 is 14.5 Å². The number of hydrogen-bond donors (Lipinski definition) is 1. The van der Waals surface area contributed by atoms with Crippen molar-refractivity contribution in [1.29, 1.82) is 0 Å². The minimum Gasteiger partial charge on any atom is -0.485 e. The number of carbonyl (C=O) groups excluding carboxylic acids is 1. The van der Waals surface area contributed by atoms with E-state index in [0.29, 0.717) is 23.3 Å². The smallest absolute Gasteiger partial charge is 0.349 e. The van der Waals surface area contributed by atoms with Gasteiger partial charge in [0.05, 0.1) is 0 Å². The molecular weight excluding hydrogens is 368 g/mol. The molecule has 0 aliphatic heterocycles. The van der Waals surface area contributed by atoms with Crippen LogP contribution in [-0.2, 0) is 6.61 Å². The molecule has 2 heterocycles. The number of aryl methyl sites for hydroxylation is 1. The summed E-state index contributed by atoms with van der Waals surface area (Å²) >= 11 is 0. The fraction of sp³-hybridized carbons (Fsp3) is 0.0870. The first-order chi connectivity index (χ1) is 14.1. The monoisotopic (exact) mass is 386 g/mol. The number of fused-ring (bicyclic) bond motifs is 1. The highest BCUT2D eigenvalue weighted by Gasteiger charge is 2.16. The van der Waals surface area contributed by atoms with Crippen molar-refractivity contribution in [3.63, 3.8) is 0 Å². The largest absolute Gasteiger partial charge is 0.485 e. The third-order valence-corrected chi connectivity index (χ3v) is 4.53. The predicted molar refractivity (Wildman–Crippen MR) is 110 cm³/mol. The molecule has 0 unspecified atom stereocenters. The van der Waals surface area contributed by atoms with E-state index in [4.69, 9.17) is 9.15 Å². The highest BCUT2D eigenvalue weighted by molar-refractivity contribution is 6.05. The van der Waals surface area contributed by atoms with Gasteiger partial charge in [-0.15, -0.1) is 0 Å². The first-order valence-corrected chi connectivity index (χ1v) is 9.08. The molecule has 0 saturated heterocycles. The molecule has 0 saturated carbocycles. The predicted octanol–water partition coefficient (Wildman–Crippen LogP) is 4.33. The molecule has 0 aliphatic carbocycles. The van der Waals surface area contributed by atoms with E-state index in [9.17, 15) is 9.59 Å². The summed E-state index contributed by atoms with van der Waals surface area (Å²) in [5, 5.41) is 3.31. The van der Waals surface area contributed by atoms with E-state index < -0.39 is 11.5 Å². The molecule has 2 aromatic carbocycles. The summed E-state index contributed by atoms with van der Waals surface area (Å²) in [6, 6.07) is 19.8. The maximum atomic E-state index is 12.7. The molecule has 29 heavy (non-hydrogen) atoms. The number of ether oxygens (including phenoxy) is 1. The number of hydrogen-bond acceptors (Lipinski definition) is 5. The summed E-state index contributed by atoms with van der Waals surface area (Å²) < 4.78 is 11.1. The molecular formula is C23H18N2O4. The van der Waals surface area contributed by atoms with Crippen molar-refractivity contribution in [3.05, 3.63) is 100 Å². The number of benzene rings is 2. The standard InChI is InChI=1S/C23H18N2O4/c1-15-7-2-3-9-17(15)14-28-20-11-6-12-24-21(20)25-22(26)18-13-16-8-4-5-10-19(16)29-23(18)27/h2-13H,14H2,1H3,(H,24,25,26). The number of rotatable bonds is 5. The van der Waals surface area contributed by atoms with Crippen LogP contribution in [0.25, 0.3) is 11.0 Å². The molecule has 6 nitrogen and oxygen atoms in total. The molecule has 0 radical (unpaired) electrons. The van der Waals surface area contributed by atoms with Gasteiger partial charge in [-0.1, -0.05) is 42.5 Å². The van der Waals surface area contributed by atoms with Gasteiger partial charge in [0.1, 0.15) is 17.8 Å². The molecule has 0 atom stereocenters. The van der Waals surface area contributed by atoms with Gasteiger partial charge >= 0.3 is 5.63 Å². The number of para-hydroxylation sites is 1. The Balaban J connectivity index is 1.57. The van der Waals surface area contributed by atoms with Crippen LogP contribution in [0.15, 0.2) is 82.1 Å². The van der Waals surface area contributed by atoms with Crippen LogP contribution in [0.2, 0.25) is 0 Å². The van der Waals surface area contributed by atoms with Crippen LogP contribution >= 0.6 is 0 Å². The second-order valence-corrected chi connectivity index (χ2v) is 6.50. The van der Waals surface area contributed by atoms with Gasteiger partial charge in [-0.25, -0.2) is 9.78 Å². The van der Waals surface area contributed by atoms with Crippen molar-refractivity contribution < 1.29 is 13.9 Å². The van der Waals surface area contributed by atoms with E-state index >= 15 is 0 Å². The third-order valence-electron chi connectivity index (χ3n) is 4.53. The third kappa shape index (κ3) is 4.01. The van der Waals surface area contributed by atoms with Crippen LogP contribution < -0.4 is 15.7 Å². The Morgan fingerprint density at radius 1 is 1.07 bits per heavy atom. The molecule has 0 fully saturated rings. The number of nitrogens with zero attached hydrogens (tertiary/aromatic N) is 1. The second-order valence-electron chi connectivity index (χ2n) is 6.50. The average molecular weight is 386 g/mol. The van der Waals surface area contributed by atoms with Crippen molar-refractivity contribution in [3.8, 4) is 5.75 Å². The molecule has 4 rings (SSSR count). The van der Waals surface area contributed by atoms with E-state index in [-0.39, 0.29) is 11.4 Å². The van der Waals surface area contributed by atoms with Crippen molar-refractivity contribution in [1.82, 2.24) is 4.98 Å². The Bertz CT molecular complexity index is 1250. The van der Waals surface area contributed by atoms with Gasteiger partial charge in [0.15, 0.2) is 11.6 Å². The number of carbonyl (C=O) groups is 1. The van der Waals surface area contributed by atoms with Crippen molar-refractivity contribution >= 4 is 22.7 Å². The van der Waals surface area contributed by atoms with Gasteiger partial charge in [0.2, 0.25) is 0 Å².